The lowest BCUT2D eigenvalue weighted by atomic mass is 10.1. The predicted molar refractivity (Wildman–Crippen MR) is 52.7 cm³/mol. The third-order valence-electron chi connectivity index (χ3n) is 2.27. The van der Waals surface area contributed by atoms with E-state index in [-0.39, 0.29) is 6.61 Å². The van der Waals surface area contributed by atoms with Gasteiger partial charge in [-0.1, -0.05) is 11.6 Å². The van der Waals surface area contributed by atoms with Crippen molar-refractivity contribution in [3.63, 3.8) is 0 Å². The van der Waals surface area contributed by atoms with Crippen LogP contribution >= 0.6 is 0 Å². The van der Waals surface area contributed by atoms with Gasteiger partial charge in [0, 0.05) is 19.2 Å². The molecule has 3 heteroatoms. The molecule has 0 aromatic carbocycles. The molecule has 76 valence electrons. The Hall–Kier alpha value is -0.380. The van der Waals surface area contributed by atoms with Crippen LogP contribution in [0.4, 0.5) is 0 Å². The van der Waals surface area contributed by atoms with Crippen molar-refractivity contribution >= 4 is 0 Å². The molecule has 1 aliphatic rings. The van der Waals surface area contributed by atoms with Crippen LogP contribution in [-0.2, 0) is 4.74 Å². The van der Waals surface area contributed by atoms with Crippen molar-refractivity contribution in [2.75, 3.05) is 26.4 Å². The maximum Gasteiger partial charge on any atom is 0.0639 e. The molecular weight excluding hydrogens is 166 g/mol. The number of ether oxygens (including phenoxy) is 1. The van der Waals surface area contributed by atoms with Gasteiger partial charge in [0.1, 0.15) is 0 Å². The first-order chi connectivity index (χ1) is 6.33. The summed E-state index contributed by atoms with van der Waals surface area (Å²) in [6.07, 6.45) is 4.38. The molecule has 1 atom stereocenters. The van der Waals surface area contributed by atoms with Crippen molar-refractivity contribution in [2.24, 2.45) is 0 Å². The van der Waals surface area contributed by atoms with E-state index in [0.29, 0.717) is 6.04 Å². The highest BCUT2D eigenvalue weighted by Gasteiger charge is 2.11. The first-order valence-corrected chi connectivity index (χ1v) is 4.90. The summed E-state index contributed by atoms with van der Waals surface area (Å²) in [7, 11) is 0. The summed E-state index contributed by atoms with van der Waals surface area (Å²) in [6.45, 7) is 4.65. The second-order valence-electron chi connectivity index (χ2n) is 3.53. The van der Waals surface area contributed by atoms with Crippen molar-refractivity contribution in [3.8, 4) is 0 Å². The molecule has 0 aliphatic carbocycles. The van der Waals surface area contributed by atoms with Crippen molar-refractivity contribution < 1.29 is 9.84 Å². The van der Waals surface area contributed by atoms with E-state index < -0.39 is 0 Å². The Morgan fingerprint density at radius 1 is 1.69 bits per heavy atom. The molecule has 3 nitrogen and oxygen atoms in total. The van der Waals surface area contributed by atoms with Gasteiger partial charge in [-0.25, -0.2) is 0 Å². The van der Waals surface area contributed by atoms with E-state index in [9.17, 15) is 0 Å². The van der Waals surface area contributed by atoms with Crippen LogP contribution in [0.15, 0.2) is 11.6 Å². The van der Waals surface area contributed by atoms with E-state index in [1.54, 1.807) is 0 Å². The molecule has 1 aliphatic heterocycles. The number of rotatable bonds is 4. The normalized spacial score (nSPS) is 24.8. The first kappa shape index (κ1) is 10.7. The molecule has 1 heterocycles. The molecule has 1 saturated heterocycles. The van der Waals surface area contributed by atoms with E-state index in [1.807, 2.05) is 13.0 Å². The Morgan fingerprint density at radius 3 is 3.15 bits per heavy atom. The van der Waals surface area contributed by atoms with Gasteiger partial charge in [-0.15, -0.1) is 0 Å². The number of hydrogen-bond acceptors (Lipinski definition) is 3. The van der Waals surface area contributed by atoms with E-state index in [2.05, 4.69) is 5.32 Å². The highest BCUT2D eigenvalue weighted by molar-refractivity contribution is 4.99. The SMILES string of the molecule is C/C(=C\CNC1CCCOC1)CO. The lowest BCUT2D eigenvalue weighted by Crippen LogP contribution is -2.36. The van der Waals surface area contributed by atoms with Gasteiger partial charge in [-0.3, -0.25) is 0 Å². The van der Waals surface area contributed by atoms with Gasteiger partial charge in [0.25, 0.3) is 0 Å². The zero-order chi connectivity index (χ0) is 9.52. The lowest BCUT2D eigenvalue weighted by molar-refractivity contribution is 0.0717. The maximum atomic E-state index is 8.75. The minimum atomic E-state index is 0.156. The summed E-state index contributed by atoms with van der Waals surface area (Å²) >= 11 is 0. The average Bonchev–Trinajstić information content (AvgIpc) is 2.19. The fraction of sp³-hybridized carbons (Fsp3) is 0.800. The summed E-state index contributed by atoms with van der Waals surface area (Å²) in [4.78, 5) is 0. The summed E-state index contributed by atoms with van der Waals surface area (Å²) in [5.74, 6) is 0. The fourth-order valence-electron chi connectivity index (χ4n) is 1.37. The van der Waals surface area contributed by atoms with Crippen LogP contribution in [0.2, 0.25) is 0 Å². The van der Waals surface area contributed by atoms with E-state index in [1.165, 1.54) is 6.42 Å². The molecule has 1 fully saturated rings. The summed E-state index contributed by atoms with van der Waals surface area (Å²) in [5, 5.41) is 12.1. The van der Waals surface area contributed by atoms with Crippen molar-refractivity contribution in [2.45, 2.75) is 25.8 Å². The standard InChI is InChI=1S/C10H19NO2/c1-9(7-12)4-5-11-10-3-2-6-13-8-10/h4,10-12H,2-3,5-8H2,1H3/b9-4+. The van der Waals surface area contributed by atoms with Crippen LogP contribution in [0.25, 0.3) is 0 Å². The summed E-state index contributed by atoms with van der Waals surface area (Å²) in [6, 6.07) is 0.497. The van der Waals surface area contributed by atoms with Crippen LogP contribution in [0.3, 0.4) is 0 Å². The van der Waals surface area contributed by atoms with Gasteiger partial charge in [-0.05, 0) is 19.8 Å². The van der Waals surface area contributed by atoms with E-state index in [0.717, 1.165) is 31.8 Å². The van der Waals surface area contributed by atoms with Gasteiger partial charge in [0.2, 0.25) is 0 Å². The Morgan fingerprint density at radius 2 is 2.54 bits per heavy atom. The highest BCUT2D eigenvalue weighted by atomic mass is 16.5. The molecule has 13 heavy (non-hydrogen) atoms. The first-order valence-electron chi connectivity index (χ1n) is 4.90. The predicted octanol–water partition coefficient (Wildman–Crippen LogP) is 0.694. The number of aliphatic hydroxyl groups is 1. The lowest BCUT2D eigenvalue weighted by Gasteiger charge is -2.22. The largest absolute Gasteiger partial charge is 0.392 e. The minimum absolute atomic E-state index is 0.156. The average molecular weight is 185 g/mol. The van der Waals surface area contributed by atoms with E-state index in [4.69, 9.17) is 9.84 Å². The molecule has 2 N–H and O–H groups in total. The third-order valence-corrected chi connectivity index (χ3v) is 2.27. The quantitative estimate of drug-likeness (QED) is 0.633. The molecule has 0 aromatic rings. The molecular formula is C10H19NO2. The smallest absolute Gasteiger partial charge is 0.0639 e. The topological polar surface area (TPSA) is 41.5 Å². The molecule has 1 unspecified atom stereocenters. The zero-order valence-corrected chi connectivity index (χ0v) is 8.25. The van der Waals surface area contributed by atoms with Crippen LogP contribution in [-0.4, -0.2) is 37.5 Å². The highest BCUT2D eigenvalue weighted by Crippen LogP contribution is 2.05. The molecule has 0 amide bonds. The van der Waals surface area contributed by atoms with Crippen LogP contribution < -0.4 is 5.32 Å². The van der Waals surface area contributed by atoms with Gasteiger partial charge in [0.05, 0.1) is 13.2 Å². The van der Waals surface area contributed by atoms with Gasteiger partial charge in [0.15, 0.2) is 0 Å². The summed E-state index contributed by atoms with van der Waals surface area (Å²) < 4.78 is 5.33. The van der Waals surface area contributed by atoms with E-state index >= 15 is 0 Å². The monoisotopic (exact) mass is 185 g/mol. The number of hydrogen-bond donors (Lipinski definition) is 2. The Balaban J connectivity index is 2.10. The third kappa shape index (κ3) is 4.41. The van der Waals surface area contributed by atoms with Crippen LogP contribution in [0, 0.1) is 0 Å². The minimum Gasteiger partial charge on any atom is -0.392 e. The van der Waals surface area contributed by atoms with Crippen molar-refractivity contribution in [3.05, 3.63) is 11.6 Å². The van der Waals surface area contributed by atoms with Crippen molar-refractivity contribution in [1.29, 1.82) is 0 Å². The Labute approximate surface area is 79.8 Å². The van der Waals surface area contributed by atoms with Gasteiger partial charge < -0.3 is 15.2 Å². The Bertz CT molecular complexity index is 162. The second-order valence-corrected chi connectivity index (χ2v) is 3.53. The van der Waals surface area contributed by atoms with Crippen LogP contribution in [0.1, 0.15) is 19.8 Å². The molecule has 0 saturated carbocycles. The summed E-state index contributed by atoms with van der Waals surface area (Å²) in [5.41, 5.74) is 1.02. The molecule has 0 spiro atoms. The molecule has 1 rings (SSSR count). The fourth-order valence-corrected chi connectivity index (χ4v) is 1.37. The Kier molecular flexibility index (Phi) is 5.05. The number of nitrogens with one attached hydrogen (secondary N) is 1. The zero-order valence-electron chi connectivity index (χ0n) is 8.25. The van der Waals surface area contributed by atoms with Gasteiger partial charge in [-0.2, -0.15) is 0 Å². The molecule has 0 bridgehead atoms. The maximum absolute atomic E-state index is 8.75. The molecule has 0 aromatic heterocycles. The van der Waals surface area contributed by atoms with Crippen LogP contribution in [0.5, 0.6) is 0 Å². The number of aliphatic hydroxyl groups excluding tert-OH is 1. The second kappa shape index (κ2) is 6.13. The van der Waals surface area contributed by atoms with Gasteiger partial charge >= 0.3 is 0 Å². The van der Waals surface area contributed by atoms with Crippen molar-refractivity contribution in [1.82, 2.24) is 5.32 Å². The molecule has 0 radical (unpaired) electrons.